The van der Waals surface area contributed by atoms with Crippen LogP contribution >= 0.6 is 11.8 Å². The minimum atomic E-state index is -0.349. The van der Waals surface area contributed by atoms with Gasteiger partial charge in [0.2, 0.25) is 0 Å². The topological polar surface area (TPSA) is 9.23 Å². The number of benzene rings is 4. The molecular formula is C29H26OS. The molecule has 1 aliphatic rings. The molecule has 1 nitrogen and oxygen atoms in total. The Balaban J connectivity index is 1.75. The number of hydrogen-bond donors (Lipinski definition) is 0. The quantitative estimate of drug-likeness (QED) is 0.311. The van der Waals surface area contributed by atoms with Gasteiger partial charge in [-0.3, -0.25) is 0 Å². The predicted octanol–water partition coefficient (Wildman–Crippen LogP) is 6.95. The van der Waals surface area contributed by atoms with Crippen LogP contribution in [-0.4, -0.2) is 13.2 Å². The Hall–Kier alpha value is -2.81. The fourth-order valence-electron chi connectivity index (χ4n) is 4.42. The Morgan fingerprint density at radius 3 is 1.39 bits per heavy atom. The van der Waals surface area contributed by atoms with E-state index in [4.69, 9.17) is 4.74 Å². The molecule has 4 aromatic rings. The van der Waals surface area contributed by atoms with Crippen molar-refractivity contribution < 1.29 is 4.74 Å². The van der Waals surface area contributed by atoms with E-state index in [9.17, 15) is 0 Å². The molecule has 0 aromatic heterocycles. The van der Waals surface area contributed by atoms with Gasteiger partial charge in [-0.05, 0) is 29.2 Å². The van der Waals surface area contributed by atoms with Crippen molar-refractivity contribution in [2.45, 2.75) is 16.4 Å². The molecule has 0 bridgehead atoms. The van der Waals surface area contributed by atoms with Crippen molar-refractivity contribution in [3.63, 3.8) is 0 Å². The third-order valence-corrected chi connectivity index (χ3v) is 8.01. The third-order valence-electron chi connectivity index (χ3n) is 6.14. The number of aryl methyl sites for hydroxylation is 1. The van der Waals surface area contributed by atoms with Crippen molar-refractivity contribution in [1.82, 2.24) is 0 Å². The van der Waals surface area contributed by atoms with Crippen LogP contribution in [0.2, 0.25) is 0 Å². The van der Waals surface area contributed by atoms with Gasteiger partial charge >= 0.3 is 0 Å². The van der Waals surface area contributed by atoms with Crippen molar-refractivity contribution in [1.29, 1.82) is 0 Å². The lowest BCUT2D eigenvalue weighted by Gasteiger charge is -2.48. The summed E-state index contributed by atoms with van der Waals surface area (Å²) >= 11 is 2.02. The molecule has 1 fully saturated rings. The van der Waals surface area contributed by atoms with Gasteiger partial charge in [-0.25, -0.2) is 0 Å². The van der Waals surface area contributed by atoms with Crippen LogP contribution in [0.15, 0.2) is 115 Å². The zero-order chi connectivity index (χ0) is 21.2. The van der Waals surface area contributed by atoms with Crippen molar-refractivity contribution in [3.05, 3.63) is 143 Å². The summed E-state index contributed by atoms with van der Waals surface area (Å²) in [5.41, 5.74) is 6.48. The zero-order valence-corrected chi connectivity index (χ0v) is 18.5. The summed E-state index contributed by atoms with van der Waals surface area (Å²) in [6, 6.07) is 41.7. The first-order valence-electron chi connectivity index (χ1n) is 10.7. The SMILES string of the molecule is Cc1ccc(C2(SC(c3ccccc3)(c3ccccc3)c3ccccc3)COC2)cc1. The van der Waals surface area contributed by atoms with Crippen molar-refractivity contribution >= 4 is 11.8 Å². The Kier molecular flexibility index (Phi) is 5.43. The lowest BCUT2D eigenvalue weighted by Crippen LogP contribution is -2.47. The Labute approximate surface area is 189 Å². The molecular weight excluding hydrogens is 396 g/mol. The number of rotatable bonds is 6. The van der Waals surface area contributed by atoms with E-state index in [1.54, 1.807) is 0 Å². The zero-order valence-electron chi connectivity index (χ0n) is 17.7. The van der Waals surface area contributed by atoms with Crippen LogP contribution in [0.4, 0.5) is 0 Å². The summed E-state index contributed by atoms with van der Waals surface area (Å²) < 4.78 is 5.40. The summed E-state index contributed by atoms with van der Waals surface area (Å²) in [4.78, 5) is 0. The maximum Gasteiger partial charge on any atom is 0.0917 e. The summed E-state index contributed by atoms with van der Waals surface area (Å²) in [7, 11) is 0. The van der Waals surface area contributed by atoms with Crippen molar-refractivity contribution in [3.8, 4) is 0 Å². The van der Waals surface area contributed by atoms with Crippen molar-refractivity contribution in [2.24, 2.45) is 0 Å². The molecule has 0 spiro atoms. The number of ether oxygens (including phenoxy) is 1. The number of thioether (sulfide) groups is 1. The van der Waals surface area contributed by atoms with Gasteiger partial charge in [0.1, 0.15) is 0 Å². The fraction of sp³-hybridized carbons (Fsp3) is 0.172. The van der Waals surface area contributed by atoms with Crippen LogP contribution in [0.1, 0.15) is 27.8 Å². The molecule has 31 heavy (non-hydrogen) atoms. The maximum absolute atomic E-state index is 5.86. The van der Waals surface area contributed by atoms with E-state index in [0.717, 1.165) is 13.2 Å². The molecule has 1 aliphatic heterocycles. The minimum Gasteiger partial charge on any atom is -0.378 e. The van der Waals surface area contributed by atoms with Crippen LogP contribution in [0, 0.1) is 6.92 Å². The summed E-state index contributed by atoms with van der Waals surface area (Å²) in [6.07, 6.45) is 0. The highest BCUT2D eigenvalue weighted by molar-refractivity contribution is 8.01. The van der Waals surface area contributed by atoms with Gasteiger partial charge in [-0.1, -0.05) is 121 Å². The van der Waals surface area contributed by atoms with Gasteiger partial charge in [0.05, 0.1) is 22.7 Å². The molecule has 0 saturated carbocycles. The molecule has 4 aromatic carbocycles. The van der Waals surface area contributed by atoms with Gasteiger partial charge in [0, 0.05) is 0 Å². The predicted molar refractivity (Wildman–Crippen MR) is 130 cm³/mol. The second kappa shape index (κ2) is 8.37. The Morgan fingerprint density at radius 1 is 0.613 bits per heavy atom. The summed E-state index contributed by atoms with van der Waals surface area (Å²) in [5.74, 6) is 0. The molecule has 0 unspecified atom stereocenters. The summed E-state index contributed by atoms with van der Waals surface area (Å²) in [5, 5.41) is 0. The van der Waals surface area contributed by atoms with E-state index in [1.165, 1.54) is 27.8 Å². The molecule has 5 rings (SSSR count). The van der Waals surface area contributed by atoms with Gasteiger partial charge in [-0.2, -0.15) is 0 Å². The fourth-order valence-corrected chi connectivity index (χ4v) is 6.30. The smallest absolute Gasteiger partial charge is 0.0917 e. The first-order valence-corrected chi connectivity index (χ1v) is 11.6. The van der Waals surface area contributed by atoms with E-state index in [1.807, 2.05) is 11.8 Å². The molecule has 1 heterocycles. The standard InChI is InChI=1S/C29H26OS/c1-23-17-19-24(20-18-23)28(21-30-22-28)31-29(25-11-5-2-6-12-25,26-13-7-3-8-14-26)27-15-9-4-10-16-27/h2-20H,21-22H2,1H3. The normalized spacial score (nSPS) is 15.3. The van der Waals surface area contributed by atoms with E-state index in [-0.39, 0.29) is 9.49 Å². The first kappa shape index (κ1) is 20.1. The second-order valence-corrected chi connectivity index (χ2v) is 9.83. The molecule has 0 N–H and O–H groups in total. The van der Waals surface area contributed by atoms with E-state index >= 15 is 0 Å². The van der Waals surface area contributed by atoms with Crippen LogP contribution in [0.5, 0.6) is 0 Å². The van der Waals surface area contributed by atoms with Crippen LogP contribution in [0.25, 0.3) is 0 Å². The second-order valence-electron chi connectivity index (χ2n) is 8.23. The minimum absolute atomic E-state index is 0.102. The number of hydrogen-bond acceptors (Lipinski definition) is 2. The van der Waals surface area contributed by atoms with Gasteiger partial charge in [-0.15, -0.1) is 11.8 Å². The molecule has 1 saturated heterocycles. The molecule has 2 heteroatoms. The highest BCUT2D eigenvalue weighted by Crippen LogP contribution is 2.58. The largest absolute Gasteiger partial charge is 0.378 e. The van der Waals surface area contributed by atoms with Crippen LogP contribution in [0.3, 0.4) is 0 Å². The van der Waals surface area contributed by atoms with E-state index in [0.29, 0.717) is 0 Å². The molecule has 154 valence electrons. The van der Waals surface area contributed by atoms with Gasteiger partial charge in [0.25, 0.3) is 0 Å². The molecule has 0 radical (unpaired) electrons. The van der Waals surface area contributed by atoms with Crippen molar-refractivity contribution in [2.75, 3.05) is 13.2 Å². The van der Waals surface area contributed by atoms with Gasteiger partial charge in [0.15, 0.2) is 0 Å². The average Bonchev–Trinajstić information content (AvgIpc) is 2.82. The third kappa shape index (κ3) is 3.60. The highest BCUT2D eigenvalue weighted by atomic mass is 32.2. The lowest BCUT2D eigenvalue weighted by molar-refractivity contribution is -0.0113. The highest BCUT2D eigenvalue weighted by Gasteiger charge is 2.50. The Morgan fingerprint density at radius 2 is 1.03 bits per heavy atom. The van der Waals surface area contributed by atoms with E-state index in [2.05, 4.69) is 122 Å². The molecule has 0 aliphatic carbocycles. The maximum atomic E-state index is 5.86. The summed E-state index contributed by atoms with van der Waals surface area (Å²) in [6.45, 7) is 3.58. The Bertz CT molecular complexity index is 1020. The molecule has 0 amide bonds. The average molecular weight is 423 g/mol. The lowest BCUT2D eigenvalue weighted by atomic mass is 9.84. The van der Waals surface area contributed by atoms with E-state index < -0.39 is 0 Å². The monoisotopic (exact) mass is 422 g/mol. The van der Waals surface area contributed by atoms with Gasteiger partial charge < -0.3 is 4.74 Å². The van der Waals surface area contributed by atoms with Crippen LogP contribution in [-0.2, 0) is 14.2 Å². The molecule has 0 atom stereocenters. The first-order chi connectivity index (χ1) is 15.2. The van der Waals surface area contributed by atoms with Crippen LogP contribution < -0.4 is 0 Å².